The van der Waals surface area contributed by atoms with E-state index in [-0.39, 0.29) is 12.1 Å². The zero-order valence-electron chi connectivity index (χ0n) is 9.95. The molecule has 94 valence electrons. The first-order chi connectivity index (χ1) is 8.08. The Balaban J connectivity index is 2.01. The molecule has 0 spiro atoms. The molecular formula is C12H19N3O2. The maximum atomic E-state index is 9.00. The van der Waals surface area contributed by atoms with Crippen molar-refractivity contribution in [3.63, 3.8) is 0 Å². The Kier molecular flexibility index (Phi) is 3.63. The average Bonchev–Trinajstić information content (AvgIpc) is 2.78. The van der Waals surface area contributed by atoms with E-state index in [1.165, 1.54) is 5.56 Å². The minimum Gasteiger partial charge on any atom is -0.399 e. The van der Waals surface area contributed by atoms with Gasteiger partial charge in [0.1, 0.15) is 0 Å². The van der Waals surface area contributed by atoms with Gasteiger partial charge in [0.15, 0.2) is 0 Å². The van der Waals surface area contributed by atoms with Gasteiger partial charge in [-0.15, -0.1) is 0 Å². The Morgan fingerprint density at radius 2 is 2.00 bits per heavy atom. The van der Waals surface area contributed by atoms with Gasteiger partial charge < -0.3 is 5.73 Å². The van der Waals surface area contributed by atoms with Crippen LogP contribution in [0.3, 0.4) is 0 Å². The highest BCUT2D eigenvalue weighted by Gasteiger charge is 2.29. The first kappa shape index (κ1) is 12.3. The summed E-state index contributed by atoms with van der Waals surface area (Å²) < 4.78 is 0. The maximum Gasteiger partial charge on any atom is 0.0762 e. The number of hydroxylamine groups is 2. The highest BCUT2D eigenvalue weighted by Crippen LogP contribution is 2.26. The first-order valence-corrected chi connectivity index (χ1v) is 5.84. The fourth-order valence-corrected chi connectivity index (χ4v) is 2.29. The fraction of sp³-hybridized carbons (Fsp3) is 0.500. The molecule has 0 aromatic heterocycles. The van der Waals surface area contributed by atoms with Gasteiger partial charge in [0.2, 0.25) is 0 Å². The monoisotopic (exact) mass is 237 g/mol. The van der Waals surface area contributed by atoms with Crippen molar-refractivity contribution < 1.29 is 10.4 Å². The number of hydrogen-bond acceptors (Lipinski definition) is 5. The molecule has 0 amide bonds. The van der Waals surface area contributed by atoms with Gasteiger partial charge in [0.05, 0.1) is 6.04 Å². The third kappa shape index (κ3) is 2.76. The molecule has 0 radical (unpaired) electrons. The third-order valence-corrected chi connectivity index (χ3v) is 3.49. The Hall–Kier alpha value is -1.14. The van der Waals surface area contributed by atoms with Crippen LogP contribution in [0.5, 0.6) is 0 Å². The molecule has 0 saturated carbocycles. The van der Waals surface area contributed by atoms with Gasteiger partial charge in [-0.05, 0) is 31.0 Å². The molecule has 4 N–H and O–H groups in total. The minimum atomic E-state index is -0.189. The molecule has 1 aromatic carbocycles. The molecule has 1 fully saturated rings. The van der Waals surface area contributed by atoms with Gasteiger partial charge in [-0.3, -0.25) is 15.3 Å². The van der Waals surface area contributed by atoms with Gasteiger partial charge in [-0.2, -0.15) is 0 Å². The summed E-state index contributed by atoms with van der Waals surface area (Å²) in [5.74, 6) is 0. The first-order valence-electron chi connectivity index (χ1n) is 5.84. The van der Waals surface area contributed by atoms with Crippen molar-refractivity contribution in [1.29, 1.82) is 0 Å². The lowest BCUT2D eigenvalue weighted by Crippen LogP contribution is -2.33. The quantitative estimate of drug-likeness (QED) is 0.548. The molecule has 1 heterocycles. The number of hydrogen-bond donors (Lipinski definition) is 3. The number of rotatable bonds is 3. The predicted octanol–water partition coefficient (Wildman–Crippen LogP) is 1.48. The van der Waals surface area contributed by atoms with Gasteiger partial charge in [-0.25, -0.2) is 0 Å². The average molecular weight is 237 g/mol. The molecule has 1 aliphatic rings. The summed E-state index contributed by atoms with van der Waals surface area (Å²) in [5, 5.41) is 18.3. The van der Waals surface area contributed by atoms with Crippen LogP contribution >= 0.6 is 0 Å². The molecule has 1 saturated heterocycles. The molecule has 2 unspecified atom stereocenters. The van der Waals surface area contributed by atoms with Crippen molar-refractivity contribution in [2.45, 2.75) is 25.4 Å². The molecule has 17 heavy (non-hydrogen) atoms. The summed E-state index contributed by atoms with van der Waals surface area (Å²) in [6.45, 7) is 3.65. The second-order valence-corrected chi connectivity index (χ2v) is 4.60. The second kappa shape index (κ2) is 5.01. The van der Waals surface area contributed by atoms with Crippen molar-refractivity contribution in [2.24, 2.45) is 0 Å². The molecule has 1 aromatic rings. The lowest BCUT2D eigenvalue weighted by molar-refractivity contribution is -0.329. The molecule has 0 bridgehead atoms. The van der Waals surface area contributed by atoms with Gasteiger partial charge in [0, 0.05) is 24.8 Å². The molecule has 5 heteroatoms. The Morgan fingerprint density at radius 1 is 1.35 bits per heavy atom. The van der Waals surface area contributed by atoms with Crippen molar-refractivity contribution in [3.05, 3.63) is 29.8 Å². The number of anilines is 1. The standard InChI is InChI=1S/C12H19N3O2/c1-9(10-2-4-11(13)5-3-10)14-7-6-12(8-14)15(16)17/h2-5,9,12,16-17H,6-8,13H2,1H3. The lowest BCUT2D eigenvalue weighted by atomic mass is 10.1. The van der Waals surface area contributed by atoms with E-state index in [2.05, 4.69) is 11.8 Å². The van der Waals surface area contributed by atoms with Crippen LogP contribution in [0.1, 0.15) is 24.9 Å². The topological polar surface area (TPSA) is 73.0 Å². The highest BCUT2D eigenvalue weighted by molar-refractivity contribution is 5.40. The largest absolute Gasteiger partial charge is 0.399 e. The summed E-state index contributed by atoms with van der Waals surface area (Å²) in [4.78, 5) is 2.23. The molecular weight excluding hydrogens is 218 g/mol. The van der Waals surface area contributed by atoms with E-state index in [4.69, 9.17) is 16.1 Å². The SMILES string of the molecule is CC(c1ccc(N)cc1)N1CCC(N(O)O)C1. The van der Waals surface area contributed by atoms with Gasteiger partial charge in [0.25, 0.3) is 0 Å². The smallest absolute Gasteiger partial charge is 0.0762 e. The fourth-order valence-electron chi connectivity index (χ4n) is 2.29. The molecule has 1 aliphatic heterocycles. The number of benzene rings is 1. The summed E-state index contributed by atoms with van der Waals surface area (Å²) in [7, 11) is 0. The summed E-state index contributed by atoms with van der Waals surface area (Å²) in [5.41, 5.74) is 7.61. The minimum absolute atomic E-state index is 0.189. The van der Waals surface area contributed by atoms with Gasteiger partial charge >= 0.3 is 0 Å². The van der Waals surface area contributed by atoms with Crippen LogP contribution in [0.15, 0.2) is 24.3 Å². The molecule has 2 rings (SSSR count). The Morgan fingerprint density at radius 3 is 2.53 bits per heavy atom. The van der Waals surface area contributed by atoms with Crippen LogP contribution in [0.4, 0.5) is 5.69 Å². The van der Waals surface area contributed by atoms with E-state index in [1.54, 1.807) is 0 Å². The summed E-state index contributed by atoms with van der Waals surface area (Å²) in [6.07, 6.45) is 0.770. The van der Waals surface area contributed by atoms with Gasteiger partial charge in [-0.1, -0.05) is 17.4 Å². The number of nitrogens with zero attached hydrogens (tertiary/aromatic N) is 2. The highest BCUT2D eigenvalue weighted by atomic mass is 16.8. The Labute approximate surface area is 101 Å². The number of likely N-dealkylation sites (tertiary alicyclic amines) is 1. The predicted molar refractivity (Wildman–Crippen MR) is 64.7 cm³/mol. The van der Waals surface area contributed by atoms with Crippen molar-refractivity contribution in [1.82, 2.24) is 10.1 Å². The van der Waals surface area contributed by atoms with Crippen LogP contribution in [-0.4, -0.2) is 39.7 Å². The van der Waals surface area contributed by atoms with E-state index >= 15 is 0 Å². The van der Waals surface area contributed by atoms with E-state index < -0.39 is 0 Å². The number of nitrogen functional groups attached to an aromatic ring is 1. The normalized spacial score (nSPS) is 23.2. The van der Waals surface area contributed by atoms with E-state index in [0.717, 1.165) is 18.7 Å². The van der Waals surface area contributed by atoms with E-state index in [9.17, 15) is 0 Å². The second-order valence-electron chi connectivity index (χ2n) is 4.60. The molecule has 5 nitrogen and oxygen atoms in total. The number of nitrogens with two attached hydrogens (primary N) is 1. The van der Waals surface area contributed by atoms with Crippen molar-refractivity contribution in [3.8, 4) is 0 Å². The third-order valence-electron chi connectivity index (χ3n) is 3.49. The Bertz CT molecular complexity index is 367. The van der Waals surface area contributed by atoms with Crippen LogP contribution in [-0.2, 0) is 0 Å². The lowest BCUT2D eigenvalue weighted by Gasteiger charge is -2.25. The van der Waals surface area contributed by atoms with Crippen LogP contribution < -0.4 is 5.73 Å². The molecule has 2 atom stereocenters. The summed E-state index contributed by atoms with van der Waals surface area (Å²) >= 11 is 0. The van der Waals surface area contributed by atoms with Crippen LogP contribution in [0, 0.1) is 0 Å². The van der Waals surface area contributed by atoms with Crippen LogP contribution in [0.2, 0.25) is 0 Å². The van der Waals surface area contributed by atoms with Crippen molar-refractivity contribution in [2.75, 3.05) is 18.8 Å². The van der Waals surface area contributed by atoms with Crippen molar-refractivity contribution >= 4 is 5.69 Å². The van der Waals surface area contributed by atoms with Crippen LogP contribution in [0.25, 0.3) is 0 Å². The maximum absolute atomic E-state index is 9.00. The molecule has 0 aliphatic carbocycles. The van der Waals surface area contributed by atoms with E-state index in [0.29, 0.717) is 11.8 Å². The zero-order valence-corrected chi connectivity index (χ0v) is 9.95. The van der Waals surface area contributed by atoms with E-state index in [1.807, 2.05) is 24.3 Å². The zero-order chi connectivity index (χ0) is 12.4. The summed E-state index contributed by atoms with van der Waals surface area (Å²) in [6, 6.07) is 7.89.